The Labute approximate surface area is 199 Å². The molecule has 6 heteroatoms. The summed E-state index contributed by atoms with van der Waals surface area (Å²) in [6.45, 7) is 8.96. The first-order chi connectivity index (χ1) is 15.4. The van der Waals surface area contributed by atoms with Crippen LogP contribution in [-0.2, 0) is 17.8 Å². The largest absolute Gasteiger partial charge is 0.351 e. The highest BCUT2D eigenvalue weighted by Crippen LogP contribution is 2.26. The molecule has 1 N–H and O–H groups in total. The van der Waals surface area contributed by atoms with Gasteiger partial charge in [0.1, 0.15) is 0 Å². The minimum atomic E-state index is -0.0616. The van der Waals surface area contributed by atoms with Gasteiger partial charge in [-0.1, -0.05) is 34.1 Å². The Morgan fingerprint density at radius 2 is 1.88 bits per heavy atom. The van der Waals surface area contributed by atoms with Crippen LogP contribution in [0, 0.1) is 19.8 Å². The third-order valence-electron chi connectivity index (χ3n) is 6.80. The standard InChI is InChI=1S/C26H32BrN3O2/c1-18-13-20-8-11-30(17-23(20)14-19(18)2)26(32)22-6-4-10-29(16-22)12-9-28-25(31)21-5-3-7-24(27)15-21/h3,5,7,13-15,22H,4,6,8-12,16-17H2,1-2H3,(H,28,31). The van der Waals surface area contributed by atoms with Gasteiger partial charge in [-0.2, -0.15) is 0 Å². The number of likely N-dealkylation sites (tertiary alicyclic amines) is 1. The van der Waals surface area contributed by atoms with E-state index < -0.39 is 0 Å². The lowest BCUT2D eigenvalue weighted by atomic mass is 9.92. The maximum Gasteiger partial charge on any atom is 0.251 e. The predicted octanol–water partition coefficient (Wildman–Crippen LogP) is 4.09. The topological polar surface area (TPSA) is 52.7 Å². The van der Waals surface area contributed by atoms with Gasteiger partial charge < -0.3 is 15.1 Å². The van der Waals surface area contributed by atoms with Crippen molar-refractivity contribution >= 4 is 27.7 Å². The van der Waals surface area contributed by atoms with Crippen LogP contribution in [0.3, 0.4) is 0 Å². The molecule has 32 heavy (non-hydrogen) atoms. The SMILES string of the molecule is Cc1cc2c(cc1C)CN(C(=O)C1CCCN(CCNC(=O)c3cccc(Br)c3)C1)CC2. The van der Waals surface area contributed by atoms with Crippen LogP contribution in [0.1, 0.15) is 45.5 Å². The molecule has 2 aromatic rings. The van der Waals surface area contributed by atoms with Crippen LogP contribution in [0.25, 0.3) is 0 Å². The lowest BCUT2D eigenvalue weighted by Crippen LogP contribution is -2.47. The molecule has 1 unspecified atom stereocenters. The molecular formula is C26H32BrN3O2. The van der Waals surface area contributed by atoms with Gasteiger partial charge in [-0.25, -0.2) is 0 Å². The molecule has 5 nitrogen and oxygen atoms in total. The molecule has 0 spiro atoms. The Hall–Kier alpha value is -2.18. The van der Waals surface area contributed by atoms with Crippen LogP contribution in [0.5, 0.6) is 0 Å². The van der Waals surface area contributed by atoms with Gasteiger partial charge in [-0.15, -0.1) is 0 Å². The summed E-state index contributed by atoms with van der Waals surface area (Å²) in [5.74, 6) is 0.280. The quantitative estimate of drug-likeness (QED) is 0.676. The molecule has 4 rings (SSSR count). The van der Waals surface area contributed by atoms with E-state index in [1.807, 2.05) is 24.3 Å². The Bertz CT molecular complexity index is 1010. The van der Waals surface area contributed by atoms with Gasteiger partial charge in [-0.05, 0) is 80.1 Å². The average Bonchev–Trinajstić information content (AvgIpc) is 2.79. The summed E-state index contributed by atoms with van der Waals surface area (Å²) in [5.41, 5.74) is 5.98. The van der Waals surface area contributed by atoms with Gasteiger partial charge in [0.05, 0.1) is 5.92 Å². The molecule has 2 heterocycles. The van der Waals surface area contributed by atoms with E-state index >= 15 is 0 Å². The third kappa shape index (κ3) is 5.41. The number of hydrogen-bond donors (Lipinski definition) is 1. The van der Waals surface area contributed by atoms with E-state index in [4.69, 9.17) is 0 Å². The minimum absolute atomic E-state index is 0.0534. The number of benzene rings is 2. The van der Waals surface area contributed by atoms with Gasteiger partial charge in [0.25, 0.3) is 5.91 Å². The zero-order valence-electron chi connectivity index (χ0n) is 19.0. The second-order valence-electron chi connectivity index (χ2n) is 9.12. The molecule has 0 bridgehead atoms. The van der Waals surface area contributed by atoms with Crippen molar-refractivity contribution in [3.05, 3.63) is 68.7 Å². The number of piperidine rings is 1. The fourth-order valence-electron chi connectivity index (χ4n) is 4.82. The first kappa shape index (κ1) is 23.0. The van der Waals surface area contributed by atoms with Crippen LogP contribution in [0.4, 0.5) is 0 Å². The first-order valence-corrected chi connectivity index (χ1v) is 12.3. The lowest BCUT2D eigenvalue weighted by molar-refractivity contribution is -0.138. The van der Waals surface area contributed by atoms with E-state index in [1.54, 1.807) is 0 Å². The highest BCUT2D eigenvalue weighted by Gasteiger charge is 2.31. The van der Waals surface area contributed by atoms with Crippen molar-refractivity contribution in [1.82, 2.24) is 15.1 Å². The number of aryl methyl sites for hydroxylation is 2. The average molecular weight is 498 g/mol. The normalized spacial score (nSPS) is 18.8. The molecule has 2 amide bonds. The number of rotatable bonds is 5. The Morgan fingerprint density at radius 3 is 2.66 bits per heavy atom. The minimum Gasteiger partial charge on any atom is -0.351 e. The number of nitrogens with zero attached hydrogens (tertiary/aromatic N) is 2. The molecule has 1 saturated heterocycles. The molecule has 1 fully saturated rings. The maximum absolute atomic E-state index is 13.3. The monoisotopic (exact) mass is 497 g/mol. The number of fused-ring (bicyclic) bond motifs is 1. The molecule has 2 aliphatic heterocycles. The number of carbonyl (C=O) groups is 2. The third-order valence-corrected chi connectivity index (χ3v) is 7.29. The lowest BCUT2D eigenvalue weighted by Gasteiger charge is -2.37. The van der Waals surface area contributed by atoms with Crippen molar-refractivity contribution in [2.45, 2.75) is 39.7 Å². The van der Waals surface area contributed by atoms with Crippen molar-refractivity contribution in [3.63, 3.8) is 0 Å². The number of nitrogens with one attached hydrogen (secondary N) is 1. The van der Waals surface area contributed by atoms with Crippen LogP contribution < -0.4 is 5.32 Å². The van der Waals surface area contributed by atoms with Gasteiger partial charge in [0.2, 0.25) is 5.91 Å². The van der Waals surface area contributed by atoms with Crippen LogP contribution in [0.15, 0.2) is 40.9 Å². The molecule has 0 aromatic heterocycles. The second kappa shape index (κ2) is 10.2. The highest BCUT2D eigenvalue weighted by atomic mass is 79.9. The summed E-state index contributed by atoms with van der Waals surface area (Å²) in [4.78, 5) is 30.0. The molecule has 2 aromatic carbocycles. The van der Waals surface area contributed by atoms with Crippen LogP contribution >= 0.6 is 15.9 Å². The van der Waals surface area contributed by atoms with Gasteiger partial charge in [0, 0.05) is 42.8 Å². The summed E-state index contributed by atoms with van der Waals surface area (Å²) in [7, 11) is 0. The van der Waals surface area contributed by atoms with E-state index in [1.165, 1.54) is 22.3 Å². The molecule has 0 aliphatic carbocycles. The van der Waals surface area contributed by atoms with E-state index in [0.29, 0.717) is 12.1 Å². The number of amides is 2. The van der Waals surface area contributed by atoms with Crippen LogP contribution in [-0.4, -0.2) is 54.3 Å². The first-order valence-electron chi connectivity index (χ1n) is 11.5. The smallest absolute Gasteiger partial charge is 0.251 e. The molecule has 170 valence electrons. The number of halogens is 1. The number of carbonyl (C=O) groups excluding carboxylic acids is 2. The Balaban J connectivity index is 1.28. The fraction of sp³-hybridized carbons (Fsp3) is 0.462. The van der Waals surface area contributed by atoms with Crippen molar-refractivity contribution < 1.29 is 9.59 Å². The van der Waals surface area contributed by atoms with Crippen molar-refractivity contribution in [2.75, 3.05) is 32.7 Å². The summed E-state index contributed by atoms with van der Waals surface area (Å²) < 4.78 is 0.896. The van der Waals surface area contributed by atoms with Crippen molar-refractivity contribution in [3.8, 4) is 0 Å². The highest BCUT2D eigenvalue weighted by molar-refractivity contribution is 9.10. The predicted molar refractivity (Wildman–Crippen MR) is 131 cm³/mol. The number of hydrogen-bond acceptors (Lipinski definition) is 3. The second-order valence-corrected chi connectivity index (χ2v) is 10.0. The zero-order valence-corrected chi connectivity index (χ0v) is 20.6. The van der Waals surface area contributed by atoms with E-state index in [-0.39, 0.29) is 17.7 Å². The Morgan fingerprint density at radius 1 is 1.09 bits per heavy atom. The van der Waals surface area contributed by atoms with Crippen LogP contribution in [0.2, 0.25) is 0 Å². The molecule has 1 atom stereocenters. The Kier molecular flexibility index (Phi) is 7.31. The summed E-state index contributed by atoms with van der Waals surface area (Å²) in [5, 5.41) is 3.00. The van der Waals surface area contributed by atoms with Crippen molar-refractivity contribution in [2.24, 2.45) is 5.92 Å². The van der Waals surface area contributed by atoms with Gasteiger partial charge >= 0.3 is 0 Å². The van der Waals surface area contributed by atoms with Gasteiger partial charge in [0.15, 0.2) is 0 Å². The van der Waals surface area contributed by atoms with Gasteiger partial charge in [-0.3, -0.25) is 9.59 Å². The van der Waals surface area contributed by atoms with E-state index in [2.05, 4.69) is 57.0 Å². The summed E-state index contributed by atoms with van der Waals surface area (Å²) in [6, 6.07) is 12.0. The maximum atomic E-state index is 13.3. The van der Waals surface area contributed by atoms with E-state index in [0.717, 1.165) is 56.5 Å². The van der Waals surface area contributed by atoms with E-state index in [9.17, 15) is 9.59 Å². The summed E-state index contributed by atoms with van der Waals surface area (Å²) >= 11 is 3.41. The molecule has 0 radical (unpaired) electrons. The molecule has 2 aliphatic rings. The molecular weight excluding hydrogens is 466 g/mol. The molecule has 0 saturated carbocycles. The van der Waals surface area contributed by atoms with Crippen molar-refractivity contribution in [1.29, 1.82) is 0 Å². The zero-order chi connectivity index (χ0) is 22.7. The fourth-order valence-corrected chi connectivity index (χ4v) is 5.22. The summed E-state index contributed by atoms with van der Waals surface area (Å²) in [6.07, 6.45) is 2.93.